The molecule has 2 aromatic heterocycles. The van der Waals surface area contributed by atoms with Crippen LogP contribution in [0.15, 0.2) is 36.4 Å². The molecule has 2 aromatic carbocycles. The van der Waals surface area contributed by atoms with E-state index in [1.807, 2.05) is 30.2 Å². The van der Waals surface area contributed by atoms with Crippen molar-refractivity contribution in [1.82, 2.24) is 24.0 Å². The van der Waals surface area contributed by atoms with Crippen molar-refractivity contribution in [3.63, 3.8) is 0 Å². The lowest BCUT2D eigenvalue weighted by atomic mass is 9.98. The number of imidazole rings is 2. The van der Waals surface area contributed by atoms with E-state index < -0.39 is 5.91 Å². The van der Waals surface area contributed by atoms with E-state index in [1.54, 1.807) is 36.4 Å². The zero-order chi connectivity index (χ0) is 33.9. The normalized spacial score (nSPS) is 15.2. The van der Waals surface area contributed by atoms with Gasteiger partial charge in [-0.05, 0) is 37.8 Å². The first-order valence-electron chi connectivity index (χ1n) is 16.6. The third kappa shape index (κ3) is 6.35. The summed E-state index contributed by atoms with van der Waals surface area (Å²) in [5.74, 6) is -0.155. The predicted octanol–water partition coefficient (Wildman–Crippen LogP) is 5.90. The summed E-state index contributed by atoms with van der Waals surface area (Å²) in [6.07, 6.45) is 5.33. The van der Waals surface area contributed by atoms with Crippen molar-refractivity contribution in [2.24, 2.45) is 14.1 Å². The summed E-state index contributed by atoms with van der Waals surface area (Å²) in [5, 5.41) is 16.4. The molecular weight excluding hydrogens is 628 g/mol. The van der Waals surface area contributed by atoms with Crippen molar-refractivity contribution in [1.29, 1.82) is 5.26 Å². The van der Waals surface area contributed by atoms with E-state index >= 15 is 0 Å². The fourth-order valence-corrected chi connectivity index (χ4v) is 7.21. The molecule has 0 radical (unpaired) electrons. The Bertz CT molecular complexity index is 1900. The summed E-state index contributed by atoms with van der Waals surface area (Å²) in [5.41, 5.74) is 5.99. The maximum Gasteiger partial charge on any atom is 0.291 e. The number of carbonyl (C=O) groups excluding carboxylic acids is 2. The first-order chi connectivity index (χ1) is 23.2. The number of hydrogen-bond donors (Lipinski definition) is 2. The number of nitrogens with zero attached hydrogens (tertiary/aromatic N) is 6. The lowest BCUT2D eigenvalue weighted by Crippen LogP contribution is -2.42. The van der Waals surface area contributed by atoms with E-state index in [9.17, 15) is 14.9 Å². The average molecular weight is 669 g/mol. The number of nitrogens with one attached hydrogen (secondary N) is 2. The van der Waals surface area contributed by atoms with Crippen molar-refractivity contribution in [3.8, 4) is 17.2 Å². The second-order valence-corrected chi connectivity index (χ2v) is 12.7. The van der Waals surface area contributed by atoms with Crippen molar-refractivity contribution < 1.29 is 14.3 Å². The van der Waals surface area contributed by atoms with Gasteiger partial charge in [-0.1, -0.05) is 56.1 Å². The number of hydrogen-bond acceptors (Lipinski definition) is 7. The third-order valence-corrected chi connectivity index (χ3v) is 9.89. The molecule has 1 saturated heterocycles. The molecule has 0 atom stereocenters. The van der Waals surface area contributed by atoms with Gasteiger partial charge >= 0.3 is 0 Å². The molecule has 4 aromatic rings. The van der Waals surface area contributed by atoms with Crippen LogP contribution in [0.5, 0.6) is 0 Å². The van der Waals surface area contributed by atoms with Crippen LogP contribution in [-0.2, 0) is 44.6 Å². The number of nitriles is 1. The Morgan fingerprint density at radius 3 is 2.33 bits per heavy atom. The Labute approximate surface area is 285 Å². The van der Waals surface area contributed by atoms with Crippen LogP contribution in [-0.4, -0.2) is 61.6 Å². The summed E-state index contributed by atoms with van der Waals surface area (Å²) >= 11 is 6.89. The topological polar surface area (TPSA) is 130 Å². The molecule has 12 heteroatoms. The summed E-state index contributed by atoms with van der Waals surface area (Å²) in [4.78, 5) is 38.8. The molecule has 0 unspecified atom stereocenters. The van der Waals surface area contributed by atoms with Crippen molar-refractivity contribution in [2.45, 2.75) is 65.0 Å². The fourth-order valence-electron chi connectivity index (χ4n) is 6.93. The van der Waals surface area contributed by atoms with Crippen LogP contribution >= 0.6 is 11.6 Å². The highest BCUT2D eigenvalue weighted by molar-refractivity contribution is 6.36. The number of ether oxygens (including phenoxy) is 1. The third-order valence-electron chi connectivity index (χ3n) is 9.48. The molecule has 2 aliphatic rings. The van der Waals surface area contributed by atoms with Crippen LogP contribution in [0.2, 0.25) is 5.02 Å². The number of carbonyl (C=O) groups is 2. The summed E-state index contributed by atoms with van der Waals surface area (Å²) in [6.45, 7) is 7.29. The Hall–Kier alpha value is -4.50. The second kappa shape index (κ2) is 14.3. The summed E-state index contributed by atoms with van der Waals surface area (Å²) in [7, 11) is 3.72. The van der Waals surface area contributed by atoms with Crippen LogP contribution in [0, 0.1) is 11.3 Å². The van der Waals surface area contributed by atoms with Gasteiger partial charge in [0, 0.05) is 75.4 Å². The van der Waals surface area contributed by atoms with Gasteiger partial charge in [0.2, 0.25) is 0 Å². The fraction of sp³-hybridized carbons (Fsp3) is 0.417. The number of amides is 2. The minimum Gasteiger partial charge on any atom is -0.381 e. The van der Waals surface area contributed by atoms with E-state index in [4.69, 9.17) is 21.3 Å². The zero-order valence-corrected chi connectivity index (χ0v) is 28.7. The van der Waals surface area contributed by atoms with Gasteiger partial charge in [-0.25, -0.2) is 9.97 Å². The highest BCUT2D eigenvalue weighted by Gasteiger charge is 2.30. The van der Waals surface area contributed by atoms with E-state index in [1.165, 1.54) is 0 Å². The number of fused-ring (bicyclic) bond motifs is 1. The van der Waals surface area contributed by atoms with Crippen LogP contribution in [0.4, 0.5) is 11.4 Å². The van der Waals surface area contributed by atoms with E-state index in [2.05, 4.69) is 33.5 Å². The van der Waals surface area contributed by atoms with Gasteiger partial charge in [0.05, 0.1) is 33.3 Å². The molecule has 4 heterocycles. The summed E-state index contributed by atoms with van der Waals surface area (Å²) in [6, 6.07) is 13.2. The van der Waals surface area contributed by atoms with E-state index in [0.29, 0.717) is 46.7 Å². The monoisotopic (exact) mass is 668 g/mol. The van der Waals surface area contributed by atoms with Crippen molar-refractivity contribution in [3.05, 3.63) is 81.4 Å². The molecule has 2 N–H and O–H groups in total. The highest BCUT2D eigenvalue weighted by Crippen LogP contribution is 2.38. The molecule has 48 heavy (non-hydrogen) atoms. The molecule has 0 aliphatic carbocycles. The van der Waals surface area contributed by atoms with Crippen LogP contribution < -0.4 is 10.6 Å². The van der Waals surface area contributed by atoms with Crippen LogP contribution in [0.25, 0.3) is 11.1 Å². The number of halogens is 1. The lowest BCUT2D eigenvalue weighted by molar-refractivity contribution is 0.0283. The van der Waals surface area contributed by atoms with Crippen LogP contribution in [0.3, 0.4) is 0 Å². The Morgan fingerprint density at radius 1 is 0.979 bits per heavy atom. The number of anilines is 2. The molecule has 11 nitrogen and oxygen atoms in total. The van der Waals surface area contributed by atoms with Gasteiger partial charge in [0.1, 0.15) is 6.07 Å². The van der Waals surface area contributed by atoms with Gasteiger partial charge in [0.25, 0.3) is 11.8 Å². The molecule has 2 aliphatic heterocycles. The maximum atomic E-state index is 13.6. The van der Waals surface area contributed by atoms with Crippen LogP contribution in [0.1, 0.15) is 82.7 Å². The minimum atomic E-state index is -0.394. The molecular formula is C36H41ClN8O3. The summed E-state index contributed by atoms with van der Waals surface area (Å²) < 4.78 is 9.25. The van der Waals surface area contributed by atoms with Crippen molar-refractivity contribution >= 4 is 34.8 Å². The quantitative estimate of drug-likeness (QED) is 0.227. The first kappa shape index (κ1) is 33.4. The SMILES string of the molecule is CCCc1c(CC)nc(C(=O)Nc2cccc(-c3cccc(NC(=O)c4nc5c(n4C)CCN(C4CCOCC4)C5)c3C#N)c2Cl)n1C. The molecule has 1 fully saturated rings. The molecule has 2 amide bonds. The van der Waals surface area contributed by atoms with Gasteiger partial charge in [-0.15, -0.1) is 0 Å². The second-order valence-electron chi connectivity index (χ2n) is 12.4. The zero-order valence-electron chi connectivity index (χ0n) is 27.9. The standard InChI is InChI=1S/C36H41ClN8O3/c1-5-9-30-26(6-2)39-33(43(30)3)36(47)42-28-13-8-11-24(32(28)37)23-10-7-12-27(25(23)20-38)41-35(46)34-40-29-21-45(17-14-31(29)44(34)4)22-15-18-48-19-16-22/h7-8,10-13,22H,5-6,9,14-19,21H2,1-4H3,(H,41,46)(H,42,47). The van der Waals surface area contributed by atoms with Gasteiger partial charge in [-0.2, -0.15) is 5.26 Å². The molecule has 0 bridgehead atoms. The van der Waals surface area contributed by atoms with Gasteiger partial charge < -0.3 is 24.5 Å². The van der Waals surface area contributed by atoms with E-state index in [0.717, 1.165) is 81.1 Å². The Morgan fingerprint density at radius 2 is 1.65 bits per heavy atom. The molecule has 250 valence electrons. The van der Waals surface area contributed by atoms with Gasteiger partial charge in [0.15, 0.2) is 11.6 Å². The maximum absolute atomic E-state index is 13.6. The molecule has 0 spiro atoms. The minimum absolute atomic E-state index is 0.252. The smallest absolute Gasteiger partial charge is 0.291 e. The number of rotatable bonds is 9. The number of aryl methyl sites for hydroxylation is 1. The molecule has 0 saturated carbocycles. The lowest BCUT2D eigenvalue weighted by Gasteiger charge is -2.36. The highest BCUT2D eigenvalue weighted by atomic mass is 35.5. The average Bonchev–Trinajstić information content (AvgIpc) is 3.61. The predicted molar refractivity (Wildman–Crippen MR) is 185 cm³/mol. The largest absolute Gasteiger partial charge is 0.381 e. The Kier molecular flexibility index (Phi) is 9.96. The van der Waals surface area contributed by atoms with E-state index in [-0.39, 0.29) is 16.5 Å². The van der Waals surface area contributed by atoms with Crippen molar-refractivity contribution in [2.75, 3.05) is 30.4 Å². The number of benzene rings is 2. The van der Waals surface area contributed by atoms with Gasteiger partial charge in [-0.3, -0.25) is 14.5 Å². The number of aromatic nitrogens is 4. The Balaban J connectivity index is 1.23. The first-order valence-corrected chi connectivity index (χ1v) is 17.0. The molecule has 6 rings (SSSR count).